The Kier molecular flexibility index (Phi) is 2.79. The summed E-state index contributed by atoms with van der Waals surface area (Å²) in [6.07, 6.45) is 3.10. The van der Waals surface area contributed by atoms with Crippen molar-refractivity contribution in [2.45, 2.75) is 26.2 Å². The molecule has 0 saturated heterocycles. The van der Waals surface area contributed by atoms with Gasteiger partial charge in [-0.25, -0.2) is 19.6 Å². The van der Waals surface area contributed by atoms with E-state index in [0.29, 0.717) is 5.82 Å². The van der Waals surface area contributed by atoms with Crippen LogP contribution < -0.4 is 5.32 Å². The van der Waals surface area contributed by atoms with Crippen LogP contribution in [0.5, 0.6) is 0 Å². The van der Waals surface area contributed by atoms with Gasteiger partial charge in [0.15, 0.2) is 5.82 Å². The average Bonchev–Trinajstić information content (AvgIpc) is 2.80. The van der Waals surface area contributed by atoms with Crippen LogP contribution in [0.3, 0.4) is 0 Å². The number of nitrogens with zero attached hydrogens (tertiary/aromatic N) is 5. The molecule has 2 aromatic heterocycles. The van der Waals surface area contributed by atoms with Crippen LogP contribution in [0.2, 0.25) is 0 Å². The van der Waals surface area contributed by atoms with Crippen LogP contribution in [0.15, 0.2) is 18.7 Å². The quantitative estimate of drug-likeness (QED) is 0.847. The maximum atomic E-state index is 4.50. The first-order valence-electron chi connectivity index (χ1n) is 5.43. The topological polar surface area (TPSA) is 68.5 Å². The molecule has 0 aliphatic carbocycles. The number of hydrogen-bond acceptors (Lipinski definition) is 5. The molecule has 0 saturated carbocycles. The summed E-state index contributed by atoms with van der Waals surface area (Å²) in [7, 11) is 1.83. The number of nitrogens with one attached hydrogen (secondary N) is 1. The van der Waals surface area contributed by atoms with E-state index < -0.39 is 0 Å². The summed E-state index contributed by atoms with van der Waals surface area (Å²) in [5.74, 6) is 2.26. The van der Waals surface area contributed by atoms with E-state index in [0.717, 1.165) is 11.6 Å². The zero-order valence-corrected chi connectivity index (χ0v) is 10.5. The molecule has 6 nitrogen and oxygen atoms in total. The summed E-state index contributed by atoms with van der Waals surface area (Å²) in [4.78, 5) is 12.9. The maximum absolute atomic E-state index is 4.50. The largest absolute Gasteiger partial charge is 0.373 e. The molecule has 0 amide bonds. The fraction of sp³-hybridized carbons (Fsp3) is 0.455. The molecule has 0 fully saturated rings. The minimum Gasteiger partial charge on any atom is -0.373 e. The van der Waals surface area contributed by atoms with Crippen LogP contribution in [0.1, 0.15) is 26.6 Å². The third kappa shape index (κ3) is 2.41. The zero-order chi connectivity index (χ0) is 12.5. The molecular weight excluding hydrogens is 216 g/mol. The van der Waals surface area contributed by atoms with Gasteiger partial charge in [-0.05, 0) is 0 Å². The average molecular weight is 232 g/mol. The minimum absolute atomic E-state index is 0.109. The standard InChI is InChI=1S/C11H16N6/c1-11(2,3)10-15-8(12-4)5-9(16-10)17-7-13-6-14-17/h5-7H,1-4H3,(H,12,15,16). The molecule has 0 aromatic carbocycles. The first-order valence-corrected chi connectivity index (χ1v) is 5.43. The Hall–Kier alpha value is -1.98. The Labute approximate surface area is 100 Å². The fourth-order valence-corrected chi connectivity index (χ4v) is 1.34. The van der Waals surface area contributed by atoms with E-state index in [1.807, 2.05) is 13.1 Å². The van der Waals surface area contributed by atoms with Crippen molar-refractivity contribution in [3.63, 3.8) is 0 Å². The molecule has 17 heavy (non-hydrogen) atoms. The summed E-state index contributed by atoms with van der Waals surface area (Å²) in [6.45, 7) is 6.23. The summed E-state index contributed by atoms with van der Waals surface area (Å²) >= 11 is 0. The molecule has 0 aliphatic rings. The van der Waals surface area contributed by atoms with E-state index >= 15 is 0 Å². The first kappa shape index (κ1) is 11.5. The highest BCUT2D eigenvalue weighted by Crippen LogP contribution is 2.21. The summed E-state index contributed by atoms with van der Waals surface area (Å²) < 4.78 is 1.62. The van der Waals surface area contributed by atoms with Gasteiger partial charge >= 0.3 is 0 Å². The van der Waals surface area contributed by atoms with E-state index in [-0.39, 0.29) is 5.41 Å². The number of anilines is 1. The van der Waals surface area contributed by atoms with Crippen molar-refractivity contribution >= 4 is 5.82 Å². The van der Waals surface area contributed by atoms with E-state index in [1.54, 1.807) is 11.0 Å². The van der Waals surface area contributed by atoms with E-state index in [1.165, 1.54) is 6.33 Å². The van der Waals surface area contributed by atoms with Crippen LogP contribution in [-0.4, -0.2) is 31.8 Å². The molecule has 0 radical (unpaired) electrons. The van der Waals surface area contributed by atoms with Crippen LogP contribution in [0.25, 0.3) is 5.82 Å². The van der Waals surface area contributed by atoms with E-state index in [4.69, 9.17) is 0 Å². The number of rotatable bonds is 2. The third-order valence-corrected chi connectivity index (χ3v) is 2.29. The van der Waals surface area contributed by atoms with Crippen molar-refractivity contribution in [1.29, 1.82) is 0 Å². The zero-order valence-electron chi connectivity index (χ0n) is 10.5. The molecule has 1 N–H and O–H groups in total. The lowest BCUT2D eigenvalue weighted by atomic mass is 9.96. The number of aromatic nitrogens is 5. The summed E-state index contributed by atoms with van der Waals surface area (Å²) in [5.41, 5.74) is -0.109. The molecular formula is C11H16N6. The van der Waals surface area contributed by atoms with Crippen LogP contribution in [-0.2, 0) is 5.41 Å². The van der Waals surface area contributed by atoms with Gasteiger partial charge in [-0.2, -0.15) is 5.10 Å². The second-order valence-electron chi connectivity index (χ2n) is 4.78. The number of hydrogen-bond donors (Lipinski definition) is 1. The monoisotopic (exact) mass is 232 g/mol. The second kappa shape index (κ2) is 4.12. The van der Waals surface area contributed by atoms with Crippen molar-refractivity contribution < 1.29 is 0 Å². The highest BCUT2D eigenvalue weighted by molar-refractivity contribution is 5.41. The van der Waals surface area contributed by atoms with Crippen molar-refractivity contribution in [3.8, 4) is 5.82 Å². The van der Waals surface area contributed by atoms with Crippen molar-refractivity contribution in [2.75, 3.05) is 12.4 Å². The molecule has 0 spiro atoms. The Bertz CT molecular complexity index is 497. The normalized spacial score (nSPS) is 11.5. The molecule has 0 aliphatic heterocycles. The lowest BCUT2D eigenvalue weighted by Gasteiger charge is -2.18. The Morgan fingerprint density at radius 2 is 2.00 bits per heavy atom. The van der Waals surface area contributed by atoms with E-state index in [2.05, 4.69) is 46.1 Å². The van der Waals surface area contributed by atoms with Crippen molar-refractivity contribution in [2.24, 2.45) is 0 Å². The molecule has 0 bridgehead atoms. The van der Waals surface area contributed by atoms with Crippen molar-refractivity contribution in [1.82, 2.24) is 24.7 Å². The molecule has 2 rings (SSSR count). The predicted molar refractivity (Wildman–Crippen MR) is 65.2 cm³/mol. The van der Waals surface area contributed by atoms with Crippen LogP contribution in [0, 0.1) is 0 Å². The highest BCUT2D eigenvalue weighted by atomic mass is 15.3. The third-order valence-electron chi connectivity index (χ3n) is 2.29. The minimum atomic E-state index is -0.109. The maximum Gasteiger partial charge on any atom is 0.161 e. The SMILES string of the molecule is CNc1cc(-n2cncn2)nc(C(C)(C)C)n1. The van der Waals surface area contributed by atoms with Gasteiger partial charge in [0.25, 0.3) is 0 Å². The van der Waals surface area contributed by atoms with Gasteiger partial charge in [0.05, 0.1) is 0 Å². The van der Waals surface area contributed by atoms with Crippen LogP contribution >= 0.6 is 0 Å². The van der Waals surface area contributed by atoms with Gasteiger partial charge in [0, 0.05) is 18.5 Å². The molecule has 90 valence electrons. The molecule has 0 atom stereocenters. The lowest BCUT2D eigenvalue weighted by Crippen LogP contribution is -2.18. The Morgan fingerprint density at radius 1 is 1.24 bits per heavy atom. The molecule has 2 aromatic rings. The van der Waals surface area contributed by atoms with Gasteiger partial charge in [-0.15, -0.1) is 0 Å². The lowest BCUT2D eigenvalue weighted by molar-refractivity contribution is 0.543. The summed E-state index contributed by atoms with van der Waals surface area (Å²) in [5, 5.41) is 7.10. The van der Waals surface area contributed by atoms with E-state index in [9.17, 15) is 0 Å². The second-order valence-corrected chi connectivity index (χ2v) is 4.78. The summed E-state index contributed by atoms with van der Waals surface area (Å²) in [6, 6.07) is 1.84. The van der Waals surface area contributed by atoms with Gasteiger partial charge in [-0.1, -0.05) is 20.8 Å². The molecule has 0 unspecified atom stereocenters. The van der Waals surface area contributed by atoms with Crippen LogP contribution in [0.4, 0.5) is 5.82 Å². The fourth-order valence-electron chi connectivity index (χ4n) is 1.34. The molecule has 2 heterocycles. The van der Waals surface area contributed by atoms with Crippen molar-refractivity contribution in [3.05, 3.63) is 24.5 Å². The van der Waals surface area contributed by atoms with Gasteiger partial charge in [0.1, 0.15) is 24.3 Å². The molecule has 6 heteroatoms. The first-order chi connectivity index (χ1) is 8.00. The van der Waals surface area contributed by atoms with Gasteiger partial charge in [-0.3, -0.25) is 0 Å². The Balaban J connectivity index is 2.54. The van der Waals surface area contributed by atoms with Gasteiger partial charge in [0.2, 0.25) is 0 Å². The predicted octanol–water partition coefficient (Wildman–Crippen LogP) is 1.40. The smallest absolute Gasteiger partial charge is 0.161 e. The highest BCUT2D eigenvalue weighted by Gasteiger charge is 2.19. The Morgan fingerprint density at radius 3 is 2.53 bits per heavy atom. The van der Waals surface area contributed by atoms with Gasteiger partial charge < -0.3 is 5.32 Å².